The van der Waals surface area contributed by atoms with Gasteiger partial charge in [-0.1, -0.05) is 19.1 Å². The summed E-state index contributed by atoms with van der Waals surface area (Å²) < 4.78 is 0. The van der Waals surface area contributed by atoms with Gasteiger partial charge < -0.3 is 4.90 Å². The summed E-state index contributed by atoms with van der Waals surface area (Å²) in [5.41, 5.74) is 4.22. The fourth-order valence-corrected chi connectivity index (χ4v) is 1.73. The monoisotopic (exact) mass is 253 g/mol. The molecule has 0 heterocycles. The van der Waals surface area contributed by atoms with Gasteiger partial charge in [0.2, 0.25) is 0 Å². The molecule has 0 aliphatic carbocycles. The van der Waals surface area contributed by atoms with E-state index >= 15 is 0 Å². The number of hydrogen-bond donors (Lipinski definition) is 0. The molecule has 0 radical (unpaired) electrons. The first-order valence-corrected chi connectivity index (χ1v) is 6.47. The van der Waals surface area contributed by atoms with Crippen LogP contribution in [0.25, 0.3) is 0 Å². The van der Waals surface area contributed by atoms with Crippen LogP contribution in [0.3, 0.4) is 0 Å². The molecule has 0 amide bonds. The maximum absolute atomic E-state index is 4.24. The second kappa shape index (κ2) is 6.14. The Hall–Kier alpha value is -2.16. The summed E-state index contributed by atoms with van der Waals surface area (Å²) in [5.74, 6) is 0. The van der Waals surface area contributed by atoms with Gasteiger partial charge in [0.25, 0.3) is 0 Å². The van der Waals surface area contributed by atoms with E-state index in [4.69, 9.17) is 0 Å². The van der Waals surface area contributed by atoms with Crippen molar-refractivity contribution in [2.24, 2.45) is 10.2 Å². The van der Waals surface area contributed by atoms with Crippen molar-refractivity contribution in [3.05, 3.63) is 54.1 Å². The first-order valence-electron chi connectivity index (χ1n) is 6.47. The molecule has 0 spiro atoms. The van der Waals surface area contributed by atoms with E-state index in [1.165, 1.54) is 5.56 Å². The van der Waals surface area contributed by atoms with Crippen LogP contribution in [-0.2, 0) is 6.42 Å². The number of benzene rings is 2. The molecule has 3 heteroatoms. The second-order valence-electron chi connectivity index (χ2n) is 4.63. The molecule has 2 aromatic rings. The van der Waals surface area contributed by atoms with Crippen LogP contribution in [0.1, 0.15) is 12.5 Å². The lowest BCUT2D eigenvalue weighted by Gasteiger charge is -2.11. The summed E-state index contributed by atoms with van der Waals surface area (Å²) >= 11 is 0. The van der Waals surface area contributed by atoms with Gasteiger partial charge in [0.15, 0.2) is 0 Å². The number of aryl methyl sites for hydroxylation is 1. The number of rotatable bonds is 4. The Labute approximate surface area is 114 Å². The molecule has 0 aliphatic rings. The molecule has 3 nitrogen and oxygen atoms in total. The quantitative estimate of drug-likeness (QED) is 0.724. The van der Waals surface area contributed by atoms with Crippen LogP contribution in [0.15, 0.2) is 58.8 Å². The normalized spacial score (nSPS) is 10.9. The summed E-state index contributed by atoms with van der Waals surface area (Å²) in [6.07, 6.45) is 1.05. The highest BCUT2D eigenvalue weighted by atomic mass is 15.1. The van der Waals surface area contributed by atoms with E-state index < -0.39 is 0 Å². The summed E-state index contributed by atoms with van der Waals surface area (Å²) in [6, 6.07) is 16.2. The topological polar surface area (TPSA) is 28.0 Å². The largest absolute Gasteiger partial charge is 0.378 e. The SMILES string of the molecule is CCc1ccc(/N=N/c2ccc(N(C)C)cc2)cc1. The van der Waals surface area contributed by atoms with Gasteiger partial charge >= 0.3 is 0 Å². The number of hydrogen-bond acceptors (Lipinski definition) is 3. The van der Waals surface area contributed by atoms with Crippen LogP contribution in [0.5, 0.6) is 0 Å². The van der Waals surface area contributed by atoms with Crippen molar-refractivity contribution < 1.29 is 0 Å². The zero-order valence-electron chi connectivity index (χ0n) is 11.7. The van der Waals surface area contributed by atoms with E-state index in [1.807, 2.05) is 50.5 Å². The van der Waals surface area contributed by atoms with Crippen molar-refractivity contribution in [3.8, 4) is 0 Å². The van der Waals surface area contributed by atoms with E-state index in [-0.39, 0.29) is 0 Å². The number of azo groups is 1. The maximum Gasteiger partial charge on any atom is 0.0858 e. The molecule has 0 saturated heterocycles. The Morgan fingerprint density at radius 3 is 1.68 bits per heavy atom. The van der Waals surface area contributed by atoms with Crippen LogP contribution in [0.4, 0.5) is 17.1 Å². The Bertz CT molecular complexity index is 539. The van der Waals surface area contributed by atoms with Gasteiger partial charge in [0.05, 0.1) is 11.4 Å². The Morgan fingerprint density at radius 2 is 1.26 bits per heavy atom. The molecule has 0 fully saturated rings. The summed E-state index contributed by atoms with van der Waals surface area (Å²) in [6.45, 7) is 2.14. The Balaban J connectivity index is 2.08. The van der Waals surface area contributed by atoms with Gasteiger partial charge in [-0.15, -0.1) is 0 Å². The lowest BCUT2D eigenvalue weighted by molar-refractivity contribution is 1.13. The fourth-order valence-electron chi connectivity index (χ4n) is 1.73. The zero-order chi connectivity index (χ0) is 13.7. The van der Waals surface area contributed by atoms with Gasteiger partial charge in [-0.05, 0) is 48.4 Å². The number of nitrogens with zero attached hydrogens (tertiary/aromatic N) is 3. The summed E-state index contributed by atoms with van der Waals surface area (Å²) in [4.78, 5) is 2.06. The van der Waals surface area contributed by atoms with E-state index in [0.717, 1.165) is 23.5 Å². The first-order chi connectivity index (χ1) is 9.19. The molecule has 98 valence electrons. The zero-order valence-corrected chi connectivity index (χ0v) is 11.7. The minimum atomic E-state index is 0.866. The van der Waals surface area contributed by atoms with Crippen LogP contribution in [0, 0.1) is 0 Å². The highest BCUT2D eigenvalue weighted by Crippen LogP contribution is 2.21. The third kappa shape index (κ3) is 3.65. The van der Waals surface area contributed by atoms with Crippen molar-refractivity contribution in [1.82, 2.24) is 0 Å². The molecular formula is C16H19N3. The van der Waals surface area contributed by atoms with E-state index in [2.05, 4.69) is 34.2 Å². The van der Waals surface area contributed by atoms with Crippen LogP contribution < -0.4 is 4.90 Å². The van der Waals surface area contributed by atoms with Crippen molar-refractivity contribution >= 4 is 17.1 Å². The minimum Gasteiger partial charge on any atom is -0.378 e. The van der Waals surface area contributed by atoms with Crippen molar-refractivity contribution in [2.75, 3.05) is 19.0 Å². The van der Waals surface area contributed by atoms with E-state index in [0.29, 0.717) is 0 Å². The highest BCUT2D eigenvalue weighted by Gasteiger charge is 1.95. The molecule has 0 atom stereocenters. The Kier molecular flexibility index (Phi) is 4.29. The van der Waals surface area contributed by atoms with Crippen molar-refractivity contribution in [3.63, 3.8) is 0 Å². The molecule has 0 unspecified atom stereocenters. The maximum atomic E-state index is 4.24. The lowest BCUT2D eigenvalue weighted by Crippen LogP contribution is -2.07. The molecule has 2 rings (SSSR count). The van der Waals surface area contributed by atoms with Crippen molar-refractivity contribution in [1.29, 1.82) is 0 Å². The average Bonchev–Trinajstić information content (AvgIpc) is 2.46. The van der Waals surface area contributed by atoms with Crippen LogP contribution >= 0.6 is 0 Å². The molecule has 0 bridgehead atoms. The molecule has 0 aromatic heterocycles. The van der Waals surface area contributed by atoms with Crippen LogP contribution in [0.2, 0.25) is 0 Å². The molecule has 0 aliphatic heterocycles. The number of anilines is 1. The highest BCUT2D eigenvalue weighted by molar-refractivity contribution is 5.52. The van der Waals surface area contributed by atoms with Gasteiger partial charge in [0, 0.05) is 19.8 Å². The summed E-state index contributed by atoms with van der Waals surface area (Å²) in [5, 5.41) is 8.48. The van der Waals surface area contributed by atoms with E-state index in [1.54, 1.807) is 0 Å². The molecule has 19 heavy (non-hydrogen) atoms. The minimum absolute atomic E-state index is 0.866. The van der Waals surface area contributed by atoms with Crippen molar-refractivity contribution in [2.45, 2.75) is 13.3 Å². The lowest BCUT2D eigenvalue weighted by atomic mass is 10.2. The van der Waals surface area contributed by atoms with Gasteiger partial charge in [-0.3, -0.25) is 0 Å². The van der Waals surface area contributed by atoms with Gasteiger partial charge in [0.1, 0.15) is 0 Å². The standard InChI is InChI=1S/C16H19N3/c1-4-13-5-7-14(8-6-13)17-18-15-9-11-16(12-10-15)19(2)3/h5-12H,4H2,1-3H3/b18-17+. The molecule has 2 aromatic carbocycles. The predicted octanol–water partition coefficient (Wildman–Crippen LogP) is 4.73. The van der Waals surface area contributed by atoms with Gasteiger partial charge in [-0.2, -0.15) is 10.2 Å². The fraction of sp³-hybridized carbons (Fsp3) is 0.250. The second-order valence-corrected chi connectivity index (χ2v) is 4.63. The first kappa shape index (κ1) is 13.3. The predicted molar refractivity (Wildman–Crippen MR) is 80.8 cm³/mol. The third-order valence-corrected chi connectivity index (χ3v) is 2.99. The molecule has 0 saturated carbocycles. The smallest absolute Gasteiger partial charge is 0.0858 e. The third-order valence-electron chi connectivity index (χ3n) is 2.99. The van der Waals surface area contributed by atoms with E-state index in [9.17, 15) is 0 Å². The Morgan fingerprint density at radius 1 is 0.789 bits per heavy atom. The molecular weight excluding hydrogens is 234 g/mol. The van der Waals surface area contributed by atoms with Gasteiger partial charge in [-0.25, -0.2) is 0 Å². The summed E-state index contributed by atoms with van der Waals surface area (Å²) in [7, 11) is 4.04. The van der Waals surface area contributed by atoms with Crippen LogP contribution in [-0.4, -0.2) is 14.1 Å². The average molecular weight is 253 g/mol. The molecule has 0 N–H and O–H groups in total.